The van der Waals surface area contributed by atoms with E-state index < -0.39 is 0 Å². The molecule has 2 rings (SSSR count). The summed E-state index contributed by atoms with van der Waals surface area (Å²) in [7, 11) is 0. The van der Waals surface area contributed by atoms with Crippen LogP contribution in [0.25, 0.3) is 11.3 Å². The molecule has 0 aliphatic carbocycles. The van der Waals surface area contributed by atoms with Crippen LogP contribution in [0.1, 0.15) is 6.92 Å². The normalized spacial score (nSPS) is 10.4. The summed E-state index contributed by atoms with van der Waals surface area (Å²) in [6, 6.07) is 10.1. The van der Waals surface area contributed by atoms with Gasteiger partial charge in [-0.25, -0.2) is 0 Å². The van der Waals surface area contributed by atoms with Crippen molar-refractivity contribution in [2.24, 2.45) is 0 Å². The lowest BCUT2D eigenvalue weighted by molar-refractivity contribution is 0.475. The Morgan fingerprint density at radius 2 is 1.82 bits per heavy atom. The molecule has 0 aliphatic heterocycles. The van der Waals surface area contributed by atoms with Crippen molar-refractivity contribution < 1.29 is 5.11 Å². The fourth-order valence-electron chi connectivity index (χ4n) is 1.79. The first-order valence-electron chi connectivity index (χ1n) is 5.42. The van der Waals surface area contributed by atoms with Gasteiger partial charge in [-0.05, 0) is 48.9 Å². The molecule has 1 aromatic carbocycles. The first kappa shape index (κ1) is 11.3. The Morgan fingerprint density at radius 3 is 2.41 bits per heavy atom. The fraction of sp³-hybridized carbons (Fsp3) is 0.154. The molecule has 0 radical (unpaired) electrons. The molecule has 4 nitrogen and oxygen atoms in total. The third-order valence-electron chi connectivity index (χ3n) is 2.68. The third kappa shape index (κ3) is 2.01. The van der Waals surface area contributed by atoms with Crippen LogP contribution in [0.15, 0.2) is 41.2 Å². The van der Waals surface area contributed by atoms with Crippen molar-refractivity contribution in [3.63, 3.8) is 0 Å². The summed E-state index contributed by atoms with van der Waals surface area (Å²) in [4.78, 5) is 11.8. The average Bonchev–Trinajstić information content (AvgIpc) is 2.34. The number of anilines is 1. The summed E-state index contributed by atoms with van der Waals surface area (Å²) in [6.45, 7) is 2.45. The van der Waals surface area contributed by atoms with Gasteiger partial charge in [-0.2, -0.15) is 0 Å². The summed E-state index contributed by atoms with van der Waals surface area (Å²) in [5.41, 5.74) is 7.33. The van der Waals surface area contributed by atoms with E-state index >= 15 is 0 Å². The summed E-state index contributed by atoms with van der Waals surface area (Å²) in [6.07, 6.45) is 0. The maximum absolute atomic E-state index is 11.8. The zero-order chi connectivity index (χ0) is 12.4. The fourth-order valence-corrected chi connectivity index (χ4v) is 1.79. The smallest absolute Gasteiger partial charge is 0.274 e. The van der Waals surface area contributed by atoms with Gasteiger partial charge in [-0.15, -0.1) is 0 Å². The molecule has 88 valence electrons. The van der Waals surface area contributed by atoms with Gasteiger partial charge in [-0.1, -0.05) is 0 Å². The predicted octanol–water partition coefficient (Wildman–Crippen LogP) is 1.82. The minimum absolute atomic E-state index is 0.182. The number of nitrogens with two attached hydrogens (primary N) is 1. The first-order chi connectivity index (χ1) is 8.13. The Hall–Kier alpha value is -2.23. The second kappa shape index (κ2) is 4.33. The Morgan fingerprint density at radius 1 is 1.18 bits per heavy atom. The third-order valence-corrected chi connectivity index (χ3v) is 2.68. The number of rotatable bonds is 2. The monoisotopic (exact) mass is 230 g/mol. The van der Waals surface area contributed by atoms with E-state index in [0.29, 0.717) is 6.54 Å². The Labute approximate surface area is 98.9 Å². The second-order valence-corrected chi connectivity index (χ2v) is 3.77. The van der Waals surface area contributed by atoms with Crippen molar-refractivity contribution in [2.75, 3.05) is 5.73 Å². The summed E-state index contributed by atoms with van der Waals surface area (Å²) < 4.78 is 1.61. The molecular weight excluding hydrogens is 216 g/mol. The van der Waals surface area contributed by atoms with E-state index in [9.17, 15) is 9.90 Å². The first-order valence-corrected chi connectivity index (χ1v) is 5.42. The number of benzene rings is 1. The van der Waals surface area contributed by atoms with Crippen LogP contribution in [0.2, 0.25) is 0 Å². The molecule has 4 heteroatoms. The van der Waals surface area contributed by atoms with E-state index in [4.69, 9.17) is 5.73 Å². The van der Waals surface area contributed by atoms with Crippen molar-refractivity contribution >= 4 is 5.69 Å². The van der Waals surface area contributed by atoms with Crippen molar-refractivity contribution in [3.05, 3.63) is 46.8 Å². The van der Waals surface area contributed by atoms with E-state index in [1.54, 1.807) is 34.9 Å². The molecular formula is C13H14N2O2. The van der Waals surface area contributed by atoms with Gasteiger partial charge in [0.05, 0.1) is 11.4 Å². The van der Waals surface area contributed by atoms with Crippen molar-refractivity contribution in [3.8, 4) is 17.0 Å². The van der Waals surface area contributed by atoms with Gasteiger partial charge < -0.3 is 15.4 Å². The van der Waals surface area contributed by atoms with E-state index in [2.05, 4.69) is 0 Å². The van der Waals surface area contributed by atoms with Crippen LogP contribution < -0.4 is 11.3 Å². The highest BCUT2D eigenvalue weighted by Crippen LogP contribution is 2.21. The molecule has 0 saturated heterocycles. The van der Waals surface area contributed by atoms with Gasteiger partial charge in [0.1, 0.15) is 5.75 Å². The van der Waals surface area contributed by atoms with E-state index in [1.165, 1.54) is 0 Å². The number of hydrogen-bond donors (Lipinski definition) is 2. The van der Waals surface area contributed by atoms with Crippen molar-refractivity contribution in [1.82, 2.24) is 4.57 Å². The van der Waals surface area contributed by atoms with Crippen LogP contribution in [0, 0.1) is 0 Å². The minimum atomic E-state index is -0.182. The molecule has 2 aromatic rings. The van der Waals surface area contributed by atoms with Crippen LogP contribution in [-0.4, -0.2) is 9.67 Å². The Kier molecular flexibility index (Phi) is 2.87. The zero-order valence-electron chi connectivity index (χ0n) is 9.55. The topological polar surface area (TPSA) is 68.2 Å². The second-order valence-electron chi connectivity index (χ2n) is 3.77. The lowest BCUT2D eigenvalue weighted by Crippen LogP contribution is -2.23. The average molecular weight is 230 g/mol. The van der Waals surface area contributed by atoms with Gasteiger partial charge in [0.2, 0.25) is 0 Å². The molecule has 0 unspecified atom stereocenters. The highest BCUT2D eigenvalue weighted by molar-refractivity contribution is 5.62. The number of phenols is 1. The highest BCUT2D eigenvalue weighted by Gasteiger charge is 2.07. The molecule has 0 atom stereocenters. The molecule has 1 aromatic heterocycles. The standard InChI is InChI=1S/C13H14N2O2/c1-2-15-12(8-7-11(14)13(15)17)9-3-5-10(16)6-4-9/h3-8,16H,2,14H2,1H3. The molecule has 17 heavy (non-hydrogen) atoms. The zero-order valence-corrected chi connectivity index (χ0v) is 9.55. The number of hydrogen-bond acceptors (Lipinski definition) is 3. The van der Waals surface area contributed by atoms with Gasteiger partial charge in [0.25, 0.3) is 5.56 Å². The number of phenolic OH excluding ortho intramolecular Hbond substituents is 1. The van der Waals surface area contributed by atoms with Crippen molar-refractivity contribution in [2.45, 2.75) is 13.5 Å². The Bertz CT molecular complexity index is 585. The van der Waals surface area contributed by atoms with Gasteiger partial charge in [-0.3, -0.25) is 4.79 Å². The number of nitrogens with zero attached hydrogens (tertiary/aromatic N) is 1. The van der Waals surface area contributed by atoms with E-state index in [0.717, 1.165) is 11.3 Å². The lowest BCUT2D eigenvalue weighted by atomic mass is 10.1. The maximum Gasteiger partial charge on any atom is 0.274 e. The predicted molar refractivity (Wildman–Crippen MR) is 67.9 cm³/mol. The number of pyridine rings is 1. The summed E-state index contributed by atoms with van der Waals surface area (Å²) in [5.74, 6) is 0.203. The molecule has 0 bridgehead atoms. The number of aromatic hydroxyl groups is 1. The van der Waals surface area contributed by atoms with Crippen LogP contribution in [0.4, 0.5) is 5.69 Å². The largest absolute Gasteiger partial charge is 0.508 e. The number of aromatic nitrogens is 1. The molecule has 0 amide bonds. The minimum Gasteiger partial charge on any atom is -0.508 e. The SMILES string of the molecule is CCn1c(-c2ccc(O)cc2)ccc(N)c1=O. The van der Waals surface area contributed by atoms with E-state index in [1.807, 2.05) is 13.0 Å². The summed E-state index contributed by atoms with van der Waals surface area (Å²) in [5, 5.41) is 9.24. The molecule has 0 spiro atoms. The van der Waals surface area contributed by atoms with Gasteiger partial charge in [0, 0.05) is 6.54 Å². The molecule has 1 heterocycles. The van der Waals surface area contributed by atoms with Crippen LogP contribution >= 0.6 is 0 Å². The van der Waals surface area contributed by atoms with Crippen molar-refractivity contribution in [1.29, 1.82) is 0 Å². The Balaban J connectivity index is 2.63. The van der Waals surface area contributed by atoms with Crippen LogP contribution in [0.3, 0.4) is 0 Å². The van der Waals surface area contributed by atoms with Crippen LogP contribution in [0.5, 0.6) is 5.75 Å². The quantitative estimate of drug-likeness (QED) is 0.826. The molecule has 0 saturated carbocycles. The van der Waals surface area contributed by atoms with Gasteiger partial charge >= 0.3 is 0 Å². The van der Waals surface area contributed by atoms with E-state index in [-0.39, 0.29) is 17.0 Å². The number of nitrogen functional groups attached to an aromatic ring is 1. The van der Waals surface area contributed by atoms with Crippen LogP contribution in [-0.2, 0) is 6.54 Å². The lowest BCUT2D eigenvalue weighted by Gasteiger charge is -2.11. The maximum atomic E-state index is 11.8. The highest BCUT2D eigenvalue weighted by atomic mass is 16.3. The molecule has 0 fully saturated rings. The molecule has 0 aliphatic rings. The summed E-state index contributed by atoms with van der Waals surface area (Å²) >= 11 is 0. The molecule has 3 N–H and O–H groups in total. The van der Waals surface area contributed by atoms with Gasteiger partial charge in [0.15, 0.2) is 0 Å².